The van der Waals surface area contributed by atoms with E-state index in [-0.39, 0.29) is 12.5 Å². The Morgan fingerprint density at radius 1 is 1.30 bits per heavy atom. The molecule has 23 heavy (non-hydrogen) atoms. The van der Waals surface area contributed by atoms with Crippen LogP contribution in [0.1, 0.15) is 5.56 Å². The summed E-state index contributed by atoms with van der Waals surface area (Å²) in [5, 5.41) is 8.04. The maximum atomic E-state index is 11.6. The zero-order chi connectivity index (χ0) is 16.4. The summed E-state index contributed by atoms with van der Waals surface area (Å²) in [4.78, 5) is 16.4. The van der Waals surface area contributed by atoms with E-state index in [0.717, 1.165) is 27.9 Å². The Bertz CT molecular complexity index is 870. The van der Waals surface area contributed by atoms with Gasteiger partial charge in [-0.25, -0.2) is 4.98 Å². The van der Waals surface area contributed by atoms with E-state index in [4.69, 9.17) is 9.72 Å². The van der Waals surface area contributed by atoms with Gasteiger partial charge in [-0.2, -0.15) is 5.10 Å². The number of hydrogen-bond donors (Lipinski definition) is 1. The van der Waals surface area contributed by atoms with Crippen molar-refractivity contribution in [3.63, 3.8) is 0 Å². The molecule has 0 aliphatic rings. The summed E-state index contributed by atoms with van der Waals surface area (Å²) in [6, 6.07) is 9.68. The molecule has 0 fully saturated rings. The lowest BCUT2D eigenvalue weighted by Gasteiger charge is -2.09. The van der Waals surface area contributed by atoms with Crippen LogP contribution < -0.4 is 5.32 Å². The molecule has 0 unspecified atom stereocenters. The van der Waals surface area contributed by atoms with E-state index < -0.39 is 0 Å². The third-order valence-corrected chi connectivity index (χ3v) is 3.66. The second kappa shape index (κ2) is 6.18. The number of anilines is 1. The summed E-state index contributed by atoms with van der Waals surface area (Å²) < 4.78 is 6.62. The van der Waals surface area contributed by atoms with Crippen molar-refractivity contribution in [2.24, 2.45) is 7.05 Å². The van der Waals surface area contributed by atoms with Gasteiger partial charge in [0.15, 0.2) is 0 Å². The van der Waals surface area contributed by atoms with Crippen LogP contribution in [-0.2, 0) is 16.6 Å². The molecule has 6 nitrogen and oxygen atoms in total. The van der Waals surface area contributed by atoms with Gasteiger partial charge in [-0.3, -0.25) is 9.48 Å². The van der Waals surface area contributed by atoms with Crippen LogP contribution in [0.5, 0.6) is 0 Å². The number of ether oxygens (including phenoxy) is 1. The van der Waals surface area contributed by atoms with Crippen molar-refractivity contribution in [2.75, 3.05) is 19.0 Å². The van der Waals surface area contributed by atoms with Crippen molar-refractivity contribution in [3.05, 3.63) is 42.1 Å². The van der Waals surface area contributed by atoms with Gasteiger partial charge in [0.25, 0.3) is 0 Å². The van der Waals surface area contributed by atoms with E-state index in [0.29, 0.717) is 5.69 Å². The standard InChI is InChI=1S/C17H18N4O2/c1-11-8-15(16-6-7-18-21(16)2)20-14-9-12(4-5-13(11)14)19-17(22)10-23-3/h4-9H,10H2,1-3H3,(H,19,22). The molecule has 118 valence electrons. The van der Waals surface area contributed by atoms with E-state index in [2.05, 4.69) is 10.4 Å². The molecule has 6 heteroatoms. The Balaban J connectivity index is 2.03. The maximum Gasteiger partial charge on any atom is 0.250 e. The van der Waals surface area contributed by atoms with Crippen LogP contribution in [0.3, 0.4) is 0 Å². The number of nitrogens with zero attached hydrogens (tertiary/aromatic N) is 3. The smallest absolute Gasteiger partial charge is 0.250 e. The molecular weight excluding hydrogens is 292 g/mol. The SMILES string of the molecule is COCC(=O)Nc1ccc2c(C)cc(-c3ccnn3C)nc2c1. The highest BCUT2D eigenvalue weighted by atomic mass is 16.5. The molecule has 0 atom stereocenters. The highest BCUT2D eigenvalue weighted by Gasteiger charge is 2.09. The van der Waals surface area contributed by atoms with Gasteiger partial charge < -0.3 is 10.1 Å². The molecule has 3 aromatic rings. The van der Waals surface area contributed by atoms with Crippen LogP contribution in [0.15, 0.2) is 36.5 Å². The van der Waals surface area contributed by atoms with E-state index in [9.17, 15) is 4.79 Å². The number of fused-ring (bicyclic) bond motifs is 1. The number of nitrogens with one attached hydrogen (secondary N) is 1. The summed E-state index contributed by atoms with van der Waals surface area (Å²) in [5.41, 5.74) is 4.46. The van der Waals surface area contributed by atoms with E-state index >= 15 is 0 Å². The third-order valence-electron chi connectivity index (χ3n) is 3.66. The van der Waals surface area contributed by atoms with Gasteiger partial charge in [0, 0.05) is 31.4 Å². The second-order valence-corrected chi connectivity index (χ2v) is 5.38. The Morgan fingerprint density at radius 3 is 2.83 bits per heavy atom. The van der Waals surface area contributed by atoms with Crippen molar-refractivity contribution in [2.45, 2.75) is 6.92 Å². The van der Waals surface area contributed by atoms with Crippen molar-refractivity contribution < 1.29 is 9.53 Å². The summed E-state index contributed by atoms with van der Waals surface area (Å²) >= 11 is 0. The zero-order valence-electron chi connectivity index (χ0n) is 13.3. The molecule has 1 N–H and O–H groups in total. The van der Waals surface area contributed by atoms with Gasteiger partial charge in [0.05, 0.1) is 16.9 Å². The van der Waals surface area contributed by atoms with Crippen molar-refractivity contribution in [3.8, 4) is 11.4 Å². The third kappa shape index (κ3) is 3.07. The number of benzene rings is 1. The molecule has 0 spiro atoms. The molecular formula is C17H18N4O2. The normalized spacial score (nSPS) is 10.9. The summed E-state index contributed by atoms with van der Waals surface area (Å²) in [6.45, 7) is 2.08. The Hall–Kier alpha value is -2.73. The van der Waals surface area contributed by atoms with Crippen LogP contribution in [0, 0.1) is 6.92 Å². The molecule has 0 aliphatic carbocycles. The lowest BCUT2D eigenvalue weighted by molar-refractivity contribution is -0.119. The van der Waals surface area contributed by atoms with E-state index in [1.165, 1.54) is 7.11 Å². The Labute approximate surface area is 134 Å². The van der Waals surface area contributed by atoms with Gasteiger partial charge in [-0.1, -0.05) is 6.07 Å². The first-order valence-corrected chi connectivity index (χ1v) is 7.27. The number of pyridine rings is 1. The Morgan fingerprint density at radius 2 is 2.13 bits per heavy atom. The Kier molecular flexibility index (Phi) is 4.08. The summed E-state index contributed by atoms with van der Waals surface area (Å²) in [5.74, 6) is -0.189. The predicted molar refractivity (Wildman–Crippen MR) is 89.2 cm³/mol. The number of carbonyl (C=O) groups excluding carboxylic acids is 1. The van der Waals surface area contributed by atoms with Crippen molar-refractivity contribution in [1.82, 2.24) is 14.8 Å². The van der Waals surface area contributed by atoms with Gasteiger partial charge >= 0.3 is 0 Å². The van der Waals surface area contributed by atoms with Crippen LogP contribution in [0.25, 0.3) is 22.3 Å². The molecule has 3 rings (SSSR count). The highest BCUT2D eigenvalue weighted by Crippen LogP contribution is 2.26. The van der Waals surface area contributed by atoms with Gasteiger partial charge in [-0.15, -0.1) is 0 Å². The number of hydrogen-bond acceptors (Lipinski definition) is 4. The second-order valence-electron chi connectivity index (χ2n) is 5.38. The highest BCUT2D eigenvalue weighted by molar-refractivity contribution is 5.95. The first-order valence-electron chi connectivity index (χ1n) is 7.27. The average molecular weight is 310 g/mol. The number of aryl methyl sites for hydroxylation is 2. The largest absolute Gasteiger partial charge is 0.375 e. The minimum absolute atomic E-state index is 0.0273. The average Bonchev–Trinajstić information content (AvgIpc) is 2.93. The fourth-order valence-corrected chi connectivity index (χ4v) is 2.56. The van der Waals surface area contributed by atoms with Crippen LogP contribution >= 0.6 is 0 Å². The predicted octanol–water partition coefficient (Wildman–Crippen LogP) is 2.53. The lowest BCUT2D eigenvalue weighted by atomic mass is 10.1. The maximum absolute atomic E-state index is 11.6. The number of amides is 1. The van der Waals surface area contributed by atoms with Gasteiger partial charge in [0.1, 0.15) is 6.61 Å². The van der Waals surface area contributed by atoms with E-state index in [1.807, 2.05) is 44.3 Å². The first-order chi connectivity index (χ1) is 11.1. The van der Waals surface area contributed by atoms with Gasteiger partial charge in [-0.05, 0) is 36.8 Å². The molecule has 0 aliphatic heterocycles. The van der Waals surface area contributed by atoms with Crippen LogP contribution in [0.4, 0.5) is 5.69 Å². The van der Waals surface area contributed by atoms with Crippen molar-refractivity contribution >= 4 is 22.5 Å². The number of carbonyl (C=O) groups is 1. The molecule has 0 radical (unpaired) electrons. The number of rotatable bonds is 4. The fraction of sp³-hybridized carbons (Fsp3) is 0.235. The first kappa shape index (κ1) is 15.2. The molecule has 0 saturated carbocycles. The quantitative estimate of drug-likeness (QED) is 0.804. The molecule has 2 aromatic heterocycles. The number of aromatic nitrogens is 3. The van der Waals surface area contributed by atoms with E-state index in [1.54, 1.807) is 10.9 Å². The monoisotopic (exact) mass is 310 g/mol. The fourth-order valence-electron chi connectivity index (χ4n) is 2.56. The number of methoxy groups -OCH3 is 1. The molecule has 2 heterocycles. The summed E-state index contributed by atoms with van der Waals surface area (Å²) in [7, 11) is 3.38. The lowest BCUT2D eigenvalue weighted by Crippen LogP contribution is -2.17. The van der Waals surface area contributed by atoms with Crippen LogP contribution in [-0.4, -0.2) is 34.4 Å². The topological polar surface area (TPSA) is 69.0 Å². The van der Waals surface area contributed by atoms with Gasteiger partial charge in [0.2, 0.25) is 5.91 Å². The summed E-state index contributed by atoms with van der Waals surface area (Å²) in [6.07, 6.45) is 1.75. The molecule has 1 amide bonds. The minimum Gasteiger partial charge on any atom is -0.375 e. The minimum atomic E-state index is -0.189. The van der Waals surface area contributed by atoms with Crippen molar-refractivity contribution in [1.29, 1.82) is 0 Å². The molecule has 1 aromatic carbocycles. The molecule has 0 saturated heterocycles. The molecule has 0 bridgehead atoms. The zero-order valence-corrected chi connectivity index (χ0v) is 13.3. The van der Waals surface area contributed by atoms with Crippen LogP contribution in [0.2, 0.25) is 0 Å².